The van der Waals surface area contributed by atoms with E-state index in [0.29, 0.717) is 26.0 Å². The number of nitrogens with zero attached hydrogens (tertiary/aromatic N) is 2. The first kappa shape index (κ1) is 19.5. The van der Waals surface area contributed by atoms with Gasteiger partial charge in [0, 0.05) is 25.9 Å². The Morgan fingerprint density at radius 2 is 2.26 bits per heavy atom. The maximum absolute atomic E-state index is 13.1. The van der Waals surface area contributed by atoms with Gasteiger partial charge in [-0.1, -0.05) is 23.4 Å². The Kier molecular flexibility index (Phi) is 6.26. The van der Waals surface area contributed by atoms with Gasteiger partial charge in [0.2, 0.25) is 0 Å². The summed E-state index contributed by atoms with van der Waals surface area (Å²) in [5, 5.41) is 4.19. The highest BCUT2D eigenvalue weighted by molar-refractivity contribution is 6.01. The van der Waals surface area contributed by atoms with Crippen molar-refractivity contribution in [1.82, 2.24) is 4.90 Å². The van der Waals surface area contributed by atoms with Gasteiger partial charge in [0.05, 0.1) is 17.7 Å². The molecule has 2 heterocycles. The third-order valence-corrected chi connectivity index (χ3v) is 5.28. The minimum absolute atomic E-state index is 0.155. The summed E-state index contributed by atoms with van der Waals surface area (Å²) in [6, 6.07) is 6.24. The molecule has 1 fully saturated rings. The van der Waals surface area contributed by atoms with Crippen molar-refractivity contribution in [3.63, 3.8) is 0 Å². The molecule has 2 atom stereocenters. The fourth-order valence-corrected chi connectivity index (χ4v) is 4.05. The summed E-state index contributed by atoms with van der Waals surface area (Å²) in [7, 11) is 0. The van der Waals surface area contributed by atoms with Crippen LogP contribution in [0.2, 0.25) is 0 Å². The van der Waals surface area contributed by atoms with Gasteiger partial charge in [0.25, 0.3) is 0 Å². The van der Waals surface area contributed by atoms with Crippen LogP contribution in [0.25, 0.3) is 0 Å². The van der Waals surface area contributed by atoms with Crippen LogP contribution in [0.1, 0.15) is 38.2 Å². The molecule has 2 aliphatic heterocycles. The lowest BCUT2D eigenvalue weighted by Gasteiger charge is -2.41. The Morgan fingerprint density at radius 3 is 2.96 bits per heavy atom. The minimum atomic E-state index is -0.588. The van der Waals surface area contributed by atoms with Crippen LogP contribution in [0.3, 0.4) is 0 Å². The SMILES string of the molecule is C=CCN1CCC[C@@](C[C@@H]2CC(c3ccc(F)cc3)=NO2)(C(=O)OCC)C1. The molecule has 27 heavy (non-hydrogen) atoms. The Bertz CT molecular complexity index is 704. The van der Waals surface area contributed by atoms with Crippen LogP contribution >= 0.6 is 0 Å². The molecule has 1 saturated heterocycles. The van der Waals surface area contributed by atoms with E-state index in [1.807, 2.05) is 13.0 Å². The van der Waals surface area contributed by atoms with E-state index < -0.39 is 5.41 Å². The van der Waals surface area contributed by atoms with Crippen molar-refractivity contribution >= 4 is 11.7 Å². The molecule has 6 heteroatoms. The van der Waals surface area contributed by atoms with Crippen LogP contribution in [-0.2, 0) is 14.4 Å². The maximum atomic E-state index is 13.1. The van der Waals surface area contributed by atoms with Crippen molar-refractivity contribution in [1.29, 1.82) is 0 Å². The predicted octanol–water partition coefficient (Wildman–Crippen LogP) is 3.54. The number of hydrogen-bond acceptors (Lipinski definition) is 5. The highest BCUT2D eigenvalue weighted by Crippen LogP contribution is 2.39. The highest BCUT2D eigenvalue weighted by Gasteiger charge is 2.46. The van der Waals surface area contributed by atoms with E-state index in [0.717, 1.165) is 37.2 Å². The zero-order valence-electron chi connectivity index (χ0n) is 15.8. The van der Waals surface area contributed by atoms with Gasteiger partial charge >= 0.3 is 5.97 Å². The number of ether oxygens (including phenoxy) is 1. The number of rotatable bonds is 7. The van der Waals surface area contributed by atoms with E-state index in [1.54, 1.807) is 12.1 Å². The molecule has 0 aliphatic carbocycles. The van der Waals surface area contributed by atoms with Crippen LogP contribution in [0.15, 0.2) is 42.1 Å². The van der Waals surface area contributed by atoms with Crippen molar-refractivity contribution in [2.75, 3.05) is 26.2 Å². The molecule has 0 radical (unpaired) electrons. The quantitative estimate of drug-likeness (QED) is 0.541. The van der Waals surface area contributed by atoms with Gasteiger partial charge in [-0.05, 0) is 44.0 Å². The van der Waals surface area contributed by atoms with Gasteiger partial charge < -0.3 is 9.57 Å². The zero-order chi connectivity index (χ0) is 19.3. The van der Waals surface area contributed by atoms with Gasteiger partial charge in [0.15, 0.2) is 0 Å². The van der Waals surface area contributed by atoms with E-state index in [9.17, 15) is 9.18 Å². The number of oxime groups is 1. The molecular weight excluding hydrogens is 347 g/mol. The molecule has 2 aliphatic rings. The monoisotopic (exact) mass is 374 g/mol. The predicted molar refractivity (Wildman–Crippen MR) is 102 cm³/mol. The van der Waals surface area contributed by atoms with Crippen molar-refractivity contribution in [3.8, 4) is 0 Å². The summed E-state index contributed by atoms with van der Waals surface area (Å²) >= 11 is 0. The smallest absolute Gasteiger partial charge is 0.313 e. The van der Waals surface area contributed by atoms with Crippen LogP contribution in [-0.4, -0.2) is 48.9 Å². The second kappa shape index (κ2) is 8.65. The fraction of sp³-hybridized carbons (Fsp3) is 0.524. The highest BCUT2D eigenvalue weighted by atomic mass is 19.1. The molecule has 1 aromatic rings. The van der Waals surface area contributed by atoms with E-state index in [2.05, 4.69) is 16.6 Å². The Hall–Kier alpha value is -2.21. The number of benzene rings is 1. The number of esters is 1. The first-order chi connectivity index (χ1) is 13.1. The van der Waals surface area contributed by atoms with Crippen LogP contribution < -0.4 is 0 Å². The number of hydrogen-bond donors (Lipinski definition) is 0. The molecule has 0 amide bonds. The lowest BCUT2D eigenvalue weighted by Crippen LogP contribution is -2.50. The average Bonchev–Trinajstić information content (AvgIpc) is 3.11. The van der Waals surface area contributed by atoms with Gasteiger partial charge in [-0.15, -0.1) is 6.58 Å². The maximum Gasteiger partial charge on any atom is 0.313 e. The number of piperidine rings is 1. The first-order valence-corrected chi connectivity index (χ1v) is 9.55. The minimum Gasteiger partial charge on any atom is -0.466 e. The molecule has 0 spiro atoms. The van der Waals surface area contributed by atoms with Crippen molar-refractivity contribution in [2.45, 2.75) is 38.7 Å². The summed E-state index contributed by atoms with van der Waals surface area (Å²) in [6.07, 6.45) is 4.57. The van der Waals surface area contributed by atoms with Crippen molar-refractivity contribution < 1.29 is 18.8 Å². The van der Waals surface area contributed by atoms with Crippen LogP contribution in [0, 0.1) is 11.2 Å². The first-order valence-electron chi connectivity index (χ1n) is 9.55. The summed E-state index contributed by atoms with van der Waals surface area (Å²) in [6.45, 7) is 8.36. The van der Waals surface area contributed by atoms with Crippen molar-refractivity contribution in [2.24, 2.45) is 10.6 Å². The molecule has 0 unspecified atom stereocenters. The normalized spacial score (nSPS) is 25.6. The third kappa shape index (κ3) is 4.56. The summed E-state index contributed by atoms with van der Waals surface area (Å²) in [5.74, 6) is -0.432. The molecule has 146 valence electrons. The standard InChI is InChI=1S/C21H27FN2O3/c1-3-11-24-12-5-10-21(15-24,20(25)26-4-2)14-18-13-19(23-27-18)16-6-8-17(22)9-7-16/h3,6-9,18H,1,4-5,10-15H2,2H3/t18-,21-/m0/s1. The fourth-order valence-electron chi connectivity index (χ4n) is 4.05. The van der Waals surface area contributed by atoms with E-state index in [4.69, 9.17) is 9.57 Å². The summed E-state index contributed by atoms with van der Waals surface area (Å²) in [4.78, 5) is 20.7. The largest absolute Gasteiger partial charge is 0.466 e. The Morgan fingerprint density at radius 1 is 1.48 bits per heavy atom. The van der Waals surface area contributed by atoms with E-state index in [-0.39, 0.29) is 17.9 Å². The van der Waals surface area contributed by atoms with Gasteiger partial charge in [0.1, 0.15) is 11.9 Å². The molecular formula is C21H27FN2O3. The van der Waals surface area contributed by atoms with Gasteiger partial charge in [-0.25, -0.2) is 4.39 Å². The van der Waals surface area contributed by atoms with Gasteiger partial charge in [-0.2, -0.15) is 0 Å². The second-order valence-electron chi connectivity index (χ2n) is 7.31. The molecule has 0 bridgehead atoms. The number of halogens is 1. The molecule has 0 N–H and O–H groups in total. The molecule has 1 aromatic carbocycles. The summed E-state index contributed by atoms with van der Waals surface area (Å²) in [5.41, 5.74) is 1.05. The van der Waals surface area contributed by atoms with Crippen LogP contribution in [0.5, 0.6) is 0 Å². The Balaban J connectivity index is 1.70. The topological polar surface area (TPSA) is 51.1 Å². The molecule has 0 aromatic heterocycles. The second-order valence-corrected chi connectivity index (χ2v) is 7.31. The van der Waals surface area contributed by atoms with E-state index >= 15 is 0 Å². The number of carbonyl (C=O) groups is 1. The molecule has 5 nitrogen and oxygen atoms in total. The Labute approximate surface area is 159 Å². The number of likely N-dealkylation sites (tertiary alicyclic amines) is 1. The summed E-state index contributed by atoms with van der Waals surface area (Å²) < 4.78 is 18.6. The average molecular weight is 374 g/mol. The van der Waals surface area contributed by atoms with Crippen molar-refractivity contribution in [3.05, 3.63) is 48.3 Å². The van der Waals surface area contributed by atoms with E-state index in [1.165, 1.54) is 12.1 Å². The zero-order valence-corrected chi connectivity index (χ0v) is 15.8. The number of carbonyl (C=O) groups excluding carboxylic acids is 1. The molecule has 0 saturated carbocycles. The third-order valence-electron chi connectivity index (χ3n) is 5.28. The lowest BCUT2D eigenvalue weighted by atomic mass is 9.74. The van der Waals surface area contributed by atoms with Crippen LogP contribution in [0.4, 0.5) is 4.39 Å². The lowest BCUT2D eigenvalue weighted by molar-refractivity contribution is -0.162. The molecule has 3 rings (SSSR count). The van der Waals surface area contributed by atoms with Gasteiger partial charge in [-0.3, -0.25) is 9.69 Å².